The van der Waals surface area contributed by atoms with Crippen LogP contribution in [0.5, 0.6) is 0 Å². The van der Waals surface area contributed by atoms with Gasteiger partial charge in [0.15, 0.2) is 0 Å². The monoisotopic (exact) mass is 236 g/mol. The molecule has 1 rings (SSSR count). The van der Waals surface area contributed by atoms with Gasteiger partial charge < -0.3 is 15.0 Å². The second-order valence-electron chi connectivity index (χ2n) is 4.06. The van der Waals surface area contributed by atoms with Gasteiger partial charge in [-0.15, -0.1) is 0 Å². The van der Waals surface area contributed by atoms with Crippen molar-refractivity contribution in [2.45, 2.75) is 19.5 Å². The van der Waals surface area contributed by atoms with Gasteiger partial charge >= 0.3 is 6.03 Å². The molecule has 1 aromatic carbocycles. The second kappa shape index (κ2) is 6.91. The lowest BCUT2D eigenvalue weighted by atomic mass is 10.2. The number of amides is 2. The largest absolute Gasteiger partial charge is 0.383 e. The molecule has 2 amide bonds. The summed E-state index contributed by atoms with van der Waals surface area (Å²) < 4.78 is 5.02. The molecule has 0 fully saturated rings. The number of benzene rings is 1. The summed E-state index contributed by atoms with van der Waals surface area (Å²) in [6.45, 7) is 3.03. The van der Waals surface area contributed by atoms with E-state index in [1.54, 1.807) is 19.1 Å². The first-order chi connectivity index (χ1) is 8.15. The number of carbonyl (C=O) groups excluding carboxylic acids is 1. The molecule has 0 aliphatic carbocycles. The Kier molecular flexibility index (Phi) is 5.49. The summed E-state index contributed by atoms with van der Waals surface area (Å²) in [7, 11) is 3.40. The maximum atomic E-state index is 11.8. The quantitative estimate of drug-likeness (QED) is 0.848. The van der Waals surface area contributed by atoms with Gasteiger partial charge in [0.05, 0.1) is 12.6 Å². The van der Waals surface area contributed by atoms with Gasteiger partial charge in [-0.3, -0.25) is 0 Å². The van der Waals surface area contributed by atoms with Crippen molar-refractivity contribution >= 4 is 6.03 Å². The van der Waals surface area contributed by atoms with Gasteiger partial charge in [0.1, 0.15) is 0 Å². The molecule has 1 atom stereocenters. The Labute approximate surface area is 103 Å². The molecule has 1 unspecified atom stereocenters. The number of nitrogens with zero attached hydrogens (tertiary/aromatic N) is 1. The second-order valence-corrected chi connectivity index (χ2v) is 4.06. The first kappa shape index (κ1) is 13.5. The lowest BCUT2D eigenvalue weighted by Gasteiger charge is -2.24. The van der Waals surface area contributed by atoms with Crippen LogP contribution < -0.4 is 5.32 Å². The summed E-state index contributed by atoms with van der Waals surface area (Å²) >= 11 is 0. The van der Waals surface area contributed by atoms with Crippen LogP contribution in [0.25, 0.3) is 0 Å². The SMILES string of the molecule is COCC(C)N(C)C(=O)NCc1ccccc1. The Morgan fingerprint density at radius 1 is 1.41 bits per heavy atom. The fourth-order valence-corrected chi connectivity index (χ4v) is 1.45. The van der Waals surface area contributed by atoms with Crippen LogP contribution in [0.2, 0.25) is 0 Å². The molecule has 4 nitrogen and oxygen atoms in total. The molecule has 0 heterocycles. The number of rotatable bonds is 5. The highest BCUT2D eigenvalue weighted by Crippen LogP contribution is 2.00. The molecule has 0 bridgehead atoms. The Morgan fingerprint density at radius 3 is 2.65 bits per heavy atom. The Morgan fingerprint density at radius 2 is 2.06 bits per heavy atom. The van der Waals surface area contributed by atoms with Gasteiger partial charge in [0.25, 0.3) is 0 Å². The smallest absolute Gasteiger partial charge is 0.317 e. The van der Waals surface area contributed by atoms with Crippen molar-refractivity contribution in [3.05, 3.63) is 35.9 Å². The predicted molar refractivity (Wildman–Crippen MR) is 67.8 cm³/mol. The third kappa shape index (κ3) is 4.44. The molecule has 1 N–H and O–H groups in total. The third-order valence-corrected chi connectivity index (χ3v) is 2.68. The van der Waals surface area contributed by atoms with Crippen molar-refractivity contribution in [2.24, 2.45) is 0 Å². The molecule has 1 aromatic rings. The minimum absolute atomic E-state index is 0.0655. The average Bonchev–Trinajstić information content (AvgIpc) is 2.36. The van der Waals surface area contributed by atoms with Crippen LogP contribution >= 0.6 is 0 Å². The molecule has 0 aliphatic heterocycles. The Hall–Kier alpha value is -1.55. The number of urea groups is 1. The van der Waals surface area contributed by atoms with Crippen LogP contribution in [0.3, 0.4) is 0 Å². The lowest BCUT2D eigenvalue weighted by Crippen LogP contribution is -2.43. The van der Waals surface area contributed by atoms with E-state index in [4.69, 9.17) is 4.74 Å². The summed E-state index contributed by atoms with van der Waals surface area (Å²) in [6.07, 6.45) is 0. The zero-order valence-electron chi connectivity index (χ0n) is 10.6. The van der Waals surface area contributed by atoms with Crippen molar-refractivity contribution in [2.75, 3.05) is 20.8 Å². The normalized spacial score (nSPS) is 11.9. The molecule has 0 saturated heterocycles. The van der Waals surface area contributed by atoms with E-state index in [1.165, 1.54) is 0 Å². The molecular formula is C13H20N2O2. The number of nitrogens with one attached hydrogen (secondary N) is 1. The zero-order chi connectivity index (χ0) is 12.7. The molecule has 0 radical (unpaired) electrons. The topological polar surface area (TPSA) is 41.6 Å². The fourth-order valence-electron chi connectivity index (χ4n) is 1.45. The number of hydrogen-bond donors (Lipinski definition) is 1. The van der Waals surface area contributed by atoms with Crippen molar-refractivity contribution in [3.8, 4) is 0 Å². The number of carbonyl (C=O) groups is 1. The van der Waals surface area contributed by atoms with Gasteiger partial charge in [-0.05, 0) is 12.5 Å². The first-order valence-electron chi connectivity index (χ1n) is 5.68. The first-order valence-corrected chi connectivity index (χ1v) is 5.68. The lowest BCUT2D eigenvalue weighted by molar-refractivity contribution is 0.123. The fraction of sp³-hybridized carbons (Fsp3) is 0.462. The highest BCUT2D eigenvalue weighted by molar-refractivity contribution is 5.74. The predicted octanol–water partition coefficient (Wildman–Crippen LogP) is 1.86. The van der Waals surface area contributed by atoms with Crippen LogP contribution in [-0.4, -0.2) is 37.7 Å². The van der Waals surface area contributed by atoms with E-state index in [-0.39, 0.29) is 12.1 Å². The molecule has 4 heteroatoms. The summed E-state index contributed by atoms with van der Waals surface area (Å²) in [4.78, 5) is 13.4. The van der Waals surface area contributed by atoms with Crippen molar-refractivity contribution < 1.29 is 9.53 Å². The summed E-state index contributed by atoms with van der Waals surface area (Å²) in [6, 6.07) is 9.82. The van der Waals surface area contributed by atoms with E-state index in [9.17, 15) is 4.79 Å². The van der Waals surface area contributed by atoms with Crippen LogP contribution in [0.1, 0.15) is 12.5 Å². The standard InChI is InChI=1S/C13H20N2O2/c1-11(10-17-3)15(2)13(16)14-9-12-7-5-4-6-8-12/h4-8,11H,9-10H2,1-3H3,(H,14,16). The van der Waals surface area contributed by atoms with E-state index in [2.05, 4.69) is 5.32 Å². The molecule has 0 spiro atoms. The van der Waals surface area contributed by atoms with E-state index in [1.807, 2.05) is 37.3 Å². The maximum absolute atomic E-state index is 11.8. The third-order valence-electron chi connectivity index (χ3n) is 2.68. The molecule has 0 aliphatic rings. The zero-order valence-corrected chi connectivity index (χ0v) is 10.6. The Bertz CT molecular complexity index is 341. The van der Waals surface area contributed by atoms with Gasteiger partial charge in [-0.25, -0.2) is 4.79 Å². The Balaban J connectivity index is 2.39. The van der Waals surface area contributed by atoms with Crippen LogP contribution in [0, 0.1) is 0 Å². The van der Waals surface area contributed by atoms with Gasteiger partial charge in [-0.2, -0.15) is 0 Å². The van der Waals surface area contributed by atoms with Gasteiger partial charge in [0, 0.05) is 20.7 Å². The van der Waals surface area contributed by atoms with Gasteiger partial charge in [-0.1, -0.05) is 30.3 Å². The molecule has 94 valence electrons. The summed E-state index contributed by atoms with van der Waals surface area (Å²) in [5.41, 5.74) is 1.09. The molecule has 0 saturated carbocycles. The van der Waals surface area contributed by atoms with Gasteiger partial charge in [0.2, 0.25) is 0 Å². The maximum Gasteiger partial charge on any atom is 0.317 e. The van der Waals surface area contributed by atoms with Crippen LogP contribution in [0.4, 0.5) is 4.79 Å². The number of likely N-dealkylation sites (N-methyl/N-ethyl adjacent to an activating group) is 1. The molecule has 17 heavy (non-hydrogen) atoms. The van der Waals surface area contributed by atoms with Crippen molar-refractivity contribution in [3.63, 3.8) is 0 Å². The molecule has 0 aromatic heterocycles. The molecular weight excluding hydrogens is 216 g/mol. The van der Waals surface area contributed by atoms with E-state index < -0.39 is 0 Å². The van der Waals surface area contributed by atoms with Crippen molar-refractivity contribution in [1.29, 1.82) is 0 Å². The highest BCUT2D eigenvalue weighted by Gasteiger charge is 2.14. The van der Waals surface area contributed by atoms with Crippen molar-refractivity contribution in [1.82, 2.24) is 10.2 Å². The average molecular weight is 236 g/mol. The number of methoxy groups -OCH3 is 1. The van der Waals surface area contributed by atoms with Crippen LogP contribution in [-0.2, 0) is 11.3 Å². The van der Waals surface area contributed by atoms with E-state index in [0.717, 1.165) is 5.56 Å². The van der Waals surface area contributed by atoms with E-state index in [0.29, 0.717) is 13.2 Å². The minimum Gasteiger partial charge on any atom is -0.383 e. The number of ether oxygens (including phenoxy) is 1. The minimum atomic E-state index is -0.0848. The highest BCUT2D eigenvalue weighted by atomic mass is 16.5. The number of hydrogen-bond acceptors (Lipinski definition) is 2. The van der Waals surface area contributed by atoms with Crippen LogP contribution in [0.15, 0.2) is 30.3 Å². The van der Waals surface area contributed by atoms with E-state index >= 15 is 0 Å². The summed E-state index contributed by atoms with van der Waals surface area (Å²) in [5, 5.41) is 2.87. The summed E-state index contributed by atoms with van der Waals surface area (Å²) in [5.74, 6) is 0.